The lowest BCUT2D eigenvalue weighted by Crippen LogP contribution is -2.29. The van der Waals surface area contributed by atoms with Crippen LogP contribution in [0.25, 0.3) is 0 Å². The molecule has 25 heavy (non-hydrogen) atoms. The highest BCUT2D eigenvalue weighted by atomic mass is 19.1. The summed E-state index contributed by atoms with van der Waals surface area (Å²) in [5.41, 5.74) is 0. The summed E-state index contributed by atoms with van der Waals surface area (Å²) in [6.07, 6.45) is 24.2. The van der Waals surface area contributed by atoms with Crippen molar-refractivity contribution in [3.05, 3.63) is 12.2 Å². The minimum absolute atomic E-state index is 0.199. The summed E-state index contributed by atoms with van der Waals surface area (Å²) in [6, 6.07) is 0. The SMILES string of the molecule is CCC1CCC(C2CCC([C@H]3CC[C@H](/C=C/CCF)CC3)CC2)CC1. The molecule has 0 saturated heterocycles. The molecule has 0 atom stereocenters. The molecule has 0 aliphatic heterocycles. The highest BCUT2D eigenvalue weighted by molar-refractivity contribution is 4.93. The van der Waals surface area contributed by atoms with Crippen molar-refractivity contribution in [1.29, 1.82) is 0 Å². The molecule has 0 bridgehead atoms. The molecule has 3 aliphatic rings. The lowest BCUT2D eigenvalue weighted by Gasteiger charge is -2.41. The summed E-state index contributed by atoms with van der Waals surface area (Å²) >= 11 is 0. The van der Waals surface area contributed by atoms with Crippen LogP contribution in [-0.2, 0) is 0 Å². The second-order valence-corrected chi connectivity index (χ2v) is 9.44. The number of hydrogen-bond acceptors (Lipinski definition) is 0. The summed E-state index contributed by atoms with van der Waals surface area (Å²) in [6.45, 7) is 2.18. The zero-order valence-corrected chi connectivity index (χ0v) is 16.6. The van der Waals surface area contributed by atoms with Crippen LogP contribution in [0, 0.1) is 35.5 Å². The maximum Gasteiger partial charge on any atom is 0.0928 e. The Hall–Kier alpha value is -0.330. The fraction of sp³-hybridized carbons (Fsp3) is 0.917. The molecule has 3 rings (SSSR count). The molecule has 0 amide bonds. The summed E-state index contributed by atoms with van der Waals surface area (Å²) in [5.74, 6) is 5.95. The van der Waals surface area contributed by atoms with E-state index in [0.29, 0.717) is 6.42 Å². The van der Waals surface area contributed by atoms with Crippen molar-refractivity contribution in [2.75, 3.05) is 6.67 Å². The van der Waals surface area contributed by atoms with Gasteiger partial charge in [0.1, 0.15) is 0 Å². The average molecular weight is 349 g/mol. The normalized spacial score (nSPS) is 40.4. The van der Waals surface area contributed by atoms with E-state index in [0.717, 1.165) is 35.5 Å². The first-order chi connectivity index (χ1) is 12.3. The monoisotopic (exact) mass is 348 g/mol. The lowest BCUT2D eigenvalue weighted by molar-refractivity contribution is 0.108. The van der Waals surface area contributed by atoms with Gasteiger partial charge in [0.15, 0.2) is 0 Å². The van der Waals surface area contributed by atoms with Crippen molar-refractivity contribution in [2.45, 2.75) is 96.8 Å². The summed E-state index contributed by atoms with van der Waals surface area (Å²) in [4.78, 5) is 0. The van der Waals surface area contributed by atoms with Crippen molar-refractivity contribution in [3.63, 3.8) is 0 Å². The number of alkyl halides is 1. The standard InChI is InChI=1S/C24H41F/c1-2-19-6-10-21(11-7-19)23-14-16-24(17-15-23)22-12-8-20(9-13-22)5-3-4-18-25/h3,5,19-24H,2,4,6-18H2,1H3/b5-3+/t19?,20-,21?,22-,23?,24?. The highest BCUT2D eigenvalue weighted by Gasteiger charge is 2.34. The first-order valence-electron chi connectivity index (χ1n) is 11.5. The van der Waals surface area contributed by atoms with E-state index >= 15 is 0 Å². The van der Waals surface area contributed by atoms with Gasteiger partial charge in [-0.2, -0.15) is 0 Å². The average Bonchev–Trinajstić information content (AvgIpc) is 2.69. The van der Waals surface area contributed by atoms with Gasteiger partial charge >= 0.3 is 0 Å². The Labute approximate surface area is 156 Å². The smallest absolute Gasteiger partial charge is 0.0928 e. The van der Waals surface area contributed by atoms with E-state index in [1.165, 1.54) is 83.5 Å². The van der Waals surface area contributed by atoms with Crippen molar-refractivity contribution in [2.24, 2.45) is 35.5 Å². The van der Waals surface area contributed by atoms with E-state index in [1.54, 1.807) is 0 Å². The van der Waals surface area contributed by atoms with Crippen molar-refractivity contribution < 1.29 is 4.39 Å². The van der Waals surface area contributed by atoms with Gasteiger partial charge in [-0.3, -0.25) is 4.39 Å². The molecule has 0 unspecified atom stereocenters. The number of hydrogen-bond donors (Lipinski definition) is 0. The number of rotatable bonds is 6. The molecule has 1 heteroatoms. The first-order valence-corrected chi connectivity index (χ1v) is 11.5. The Kier molecular flexibility index (Phi) is 7.87. The van der Waals surface area contributed by atoms with Crippen LogP contribution in [-0.4, -0.2) is 6.67 Å². The Bertz CT molecular complexity index is 377. The van der Waals surface area contributed by atoms with Crippen LogP contribution in [0.2, 0.25) is 0 Å². The van der Waals surface area contributed by atoms with E-state index in [-0.39, 0.29) is 6.67 Å². The van der Waals surface area contributed by atoms with Gasteiger partial charge in [0.2, 0.25) is 0 Å². The van der Waals surface area contributed by atoms with Gasteiger partial charge < -0.3 is 0 Å². The van der Waals surface area contributed by atoms with E-state index < -0.39 is 0 Å². The topological polar surface area (TPSA) is 0 Å². The third kappa shape index (κ3) is 5.57. The van der Waals surface area contributed by atoms with Crippen LogP contribution in [0.1, 0.15) is 96.8 Å². The van der Waals surface area contributed by atoms with E-state index in [4.69, 9.17) is 0 Å². The Morgan fingerprint density at radius 1 is 0.680 bits per heavy atom. The fourth-order valence-corrected chi connectivity index (χ4v) is 6.32. The van der Waals surface area contributed by atoms with Crippen LogP contribution >= 0.6 is 0 Å². The van der Waals surface area contributed by atoms with E-state index in [1.807, 2.05) is 0 Å². The molecule has 0 aromatic carbocycles. The third-order valence-corrected chi connectivity index (χ3v) is 8.12. The molecule has 144 valence electrons. The molecular weight excluding hydrogens is 307 g/mol. The zero-order valence-electron chi connectivity index (χ0n) is 16.6. The molecule has 3 saturated carbocycles. The summed E-state index contributed by atoms with van der Waals surface area (Å²) in [5, 5.41) is 0. The van der Waals surface area contributed by atoms with Crippen LogP contribution in [0.4, 0.5) is 4.39 Å². The van der Waals surface area contributed by atoms with E-state index in [9.17, 15) is 4.39 Å². The third-order valence-electron chi connectivity index (χ3n) is 8.12. The number of allylic oxidation sites excluding steroid dienone is 2. The Morgan fingerprint density at radius 2 is 1.12 bits per heavy atom. The van der Waals surface area contributed by atoms with Crippen LogP contribution < -0.4 is 0 Å². The van der Waals surface area contributed by atoms with Crippen LogP contribution in [0.3, 0.4) is 0 Å². The van der Waals surface area contributed by atoms with Crippen molar-refractivity contribution in [3.8, 4) is 0 Å². The van der Waals surface area contributed by atoms with Crippen LogP contribution in [0.15, 0.2) is 12.2 Å². The van der Waals surface area contributed by atoms with E-state index in [2.05, 4.69) is 19.1 Å². The molecule has 3 fully saturated rings. The lowest BCUT2D eigenvalue weighted by atomic mass is 9.65. The number of halogens is 1. The first kappa shape index (κ1) is 19.4. The molecule has 0 N–H and O–H groups in total. The van der Waals surface area contributed by atoms with Crippen LogP contribution in [0.5, 0.6) is 0 Å². The predicted octanol–water partition coefficient (Wildman–Crippen LogP) is 7.73. The summed E-state index contributed by atoms with van der Waals surface area (Å²) < 4.78 is 12.2. The quantitative estimate of drug-likeness (QED) is 0.431. The molecule has 3 aliphatic carbocycles. The zero-order chi connectivity index (χ0) is 17.5. The molecular formula is C24H41F. The molecule has 0 heterocycles. The van der Waals surface area contributed by atoms with Gasteiger partial charge in [-0.1, -0.05) is 38.3 Å². The van der Waals surface area contributed by atoms with Gasteiger partial charge in [0, 0.05) is 0 Å². The largest absolute Gasteiger partial charge is 0.251 e. The molecule has 0 nitrogen and oxygen atoms in total. The van der Waals surface area contributed by atoms with Crippen molar-refractivity contribution in [1.82, 2.24) is 0 Å². The second kappa shape index (κ2) is 10.1. The predicted molar refractivity (Wildman–Crippen MR) is 106 cm³/mol. The second-order valence-electron chi connectivity index (χ2n) is 9.44. The molecule has 0 aromatic rings. The maximum absolute atomic E-state index is 12.2. The van der Waals surface area contributed by atoms with Crippen molar-refractivity contribution >= 4 is 0 Å². The fourth-order valence-electron chi connectivity index (χ4n) is 6.32. The molecule has 0 spiro atoms. The maximum atomic E-state index is 12.2. The summed E-state index contributed by atoms with van der Waals surface area (Å²) in [7, 11) is 0. The van der Waals surface area contributed by atoms with Gasteiger partial charge in [0.25, 0.3) is 0 Å². The van der Waals surface area contributed by atoms with Gasteiger partial charge in [-0.25, -0.2) is 0 Å². The Morgan fingerprint density at radius 3 is 1.56 bits per heavy atom. The Balaban J connectivity index is 1.36. The highest BCUT2D eigenvalue weighted by Crippen LogP contribution is 2.46. The van der Waals surface area contributed by atoms with Gasteiger partial charge in [-0.05, 0) is 106 Å². The minimum atomic E-state index is -0.199. The van der Waals surface area contributed by atoms with Gasteiger partial charge in [0.05, 0.1) is 6.67 Å². The molecule has 0 aromatic heterocycles. The van der Waals surface area contributed by atoms with Gasteiger partial charge in [-0.15, -0.1) is 0 Å². The minimum Gasteiger partial charge on any atom is -0.251 e. The molecule has 0 radical (unpaired) electrons.